The highest BCUT2D eigenvalue weighted by Crippen LogP contribution is 2.59. The van der Waals surface area contributed by atoms with Crippen LogP contribution in [-0.2, 0) is 5.41 Å². The molecule has 11 aromatic carbocycles. The zero-order chi connectivity index (χ0) is 44.3. The number of hydrogen-bond donors (Lipinski definition) is 0. The molecule has 314 valence electrons. The molecule has 2 nitrogen and oxygen atoms in total. The molecule has 0 N–H and O–H groups in total. The van der Waals surface area contributed by atoms with Crippen LogP contribution in [-0.4, -0.2) is 0 Å². The van der Waals surface area contributed by atoms with E-state index >= 15 is 0 Å². The maximum absolute atomic E-state index is 6.32. The van der Waals surface area contributed by atoms with Gasteiger partial charge >= 0.3 is 0 Å². The number of rotatable bonds is 8. The Morgan fingerprint density at radius 1 is 0.313 bits per heavy atom. The lowest BCUT2D eigenvalue weighted by Gasteiger charge is -2.34. The molecule has 0 saturated heterocycles. The minimum Gasteiger partial charge on any atom is -0.456 e. The van der Waals surface area contributed by atoms with Crippen LogP contribution in [0.2, 0.25) is 0 Å². The molecule has 0 fully saturated rings. The molecule has 2 heteroatoms. The summed E-state index contributed by atoms with van der Waals surface area (Å²) in [4.78, 5) is 2.45. The van der Waals surface area contributed by atoms with Crippen molar-refractivity contribution in [3.63, 3.8) is 0 Å². The van der Waals surface area contributed by atoms with Crippen LogP contribution in [0.25, 0.3) is 77.2 Å². The molecule has 0 spiro atoms. The molecule has 0 bridgehead atoms. The van der Waals surface area contributed by atoms with Crippen molar-refractivity contribution in [2.75, 3.05) is 4.90 Å². The SMILES string of the molecule is c1ccc(-c2ccc3cc(-c4ccc(N(c5ccc(-c6ccc7c(c6)oc6ccccc67)cc5)c5cccc6c5-c5ccccc5C6(c5ccccc5)c5ccccc5)cc4)ccc3c2)cc1. The Hall–Kier alpha value is -8.72. The smallest absolute Gasteiger partial charge is 0.136 e. The average molecular weight is 854 g/mol. The molecule has 12 aromatic rings. The van der Waals surface area contributed by atoms with Gasteiger partial charge in [0.2, 0.25) is 0 Å². The second kappa shape index (κ2) is 15.8. The van der Waals surface area contributed by atoms with Crippen LogP contribution in [0.5, 0.6) is 0 Å². The van der Waals surface area contributed by atoms with Crippen molar-refractivity contribution in [3.05, 3.63) is 283 Å². The fraction of sp³-hybridized carbons (Fsp3) is 0.0154. The Morgan fingerprint density at radius 2 is 0.791 bits per heavy atom. The molecule has 13 rings (SSSR count). The third-order valence-corrected chi connectivity index (χ3v) is 13.9. The molecule has 1 aromatic heterocycles. The van der Waals surface area contributed by atoms with Gasteiger partial charge in [-0.25, -0.2) is 0 Å². The Morgan fingerprint density at radius 3 is 1.43 bits per heavy atom. The lowest BCUT2D eigenvalue weighted by atomic mass is 9.68. The maximum Gasteiger partial charge on any atom is 0.136 e. The van der Waals surface area contributed by atoms with Crippen LogP contribution in [0, 0.1) is 0 Å². The first-order valence-corrected chi connectivity index (χ1v) is 23.1. The van der Waals surface area contributed by atoms with E-state index < -0.39 is 5.41 Å². The van der Waals surface area contributed by atoms with Gasteiger partial charge in [0.1, 0.15) is 11.2 Å². The van der Waals surface area contributed by atoms with Crippen molar-refractivity contribution in [1.29, 1.82) is 0 Å². The molecule has 0 unspecified atom stereocenters. The van der Waals surface area contributed by atoms with Gasteiger partial charge in [0.25, 0.3) is 0 Å². The quantitative estimate of drug-likeness (QED) is 0.151. The van der Waals surface area contributed by atoms with Gasteiger partial charge < -0.3 is 9.32 Å². The second-order valence-electron chi connectivity index (χ2n) is 17.6. The topological polar surface area (TPSA) is 16.4 Å². The summed E-state index contributed by atoms with van der Waals surface area (Å²) >= 11 is 0. The average Bonchev–Trinajstić information content (AvgIpc) is 3.93. The highest BCUT2D eigenvalue weighted by atomic mass is 16.3. The molecule has 0 aliphatic heterocycles. The molecule has 0 amide bonds. The maximum atomic E-state index is 6.32. The molecule has 0 radical (unpaired) electrons. The molecule has 67 heavy (non-hydrogen) atoms. The second-order valence-corrected chi connectivity index (χ2v) is 17.6. The number of hydrogen-bond acceptors (Lipinski definition) is 2. The molecule has 1 heterocycles. The lowest BCUT2D eigenvalue weighted by molar-refractivity contribution is 0.669. The Labute approximate surface area is 390 Å². The summed E-state index contributed by atoms with van der Waals surface area (Å²) in [7, 11) is 0. The van der Waals surface area contributed by atoms with Crippen molar-refractivity contribution in [3.8, 4) is 44.5 Å². The predicted molar refractivity (Wildman–Crippen MR) is 280 cm³/mol. The van der Waals surface area contributed by atoms with E-state index in [1.54, 1.807) is 0 Å². The van der Waals surface area contributed by atoms with Crippen LogP contribution in [0.3, 0.4) is 0 Å². The largest absolute Gasteiger partial charge is 0.456 e. The van der Waals surface area contributed by atoms with Crippen LogP contribution in [0.1, 0.15) is 22.3 Å². The van der Waals surface area contributed by atoms with E-state index in [0.29, 0.717) is 0 Å². The van der Waals surface area contributed by atoms with Crippen LogP contribution in [0.4, 0.5) is 17.1 Å². The first kappa shape index (κ1) is 38.7. The summed E-state index contributed by atoms with van der Waals surface area (Å²) in [5, 5.41) is 4.72. The molecular formula is C65H43NO. The number of nitrogens with zero attached hydrogens (tertiary/aromatic N) is 1. The van der Waals surface area contributed by atoms with Gasteiger partial charge in [-0.2, -0.15) is 0 Å². The molecule has 1 aliphatic rings. The summed E-state index contributed by atoms with van der Waals surface area (Å²) in [5.74, 6) is 0. The lowest BCUT2D eigenvalue weighted by Crippen LogP contribution is -2.28. The van der Waals surface area contributed by atoms with Crippen molar-refractivity contribution in [2.24, 2.45) is 0 Å². The number of para-hydroxylation sites is 1. The van der Waals surface area contributed by atoms with Crippen molar-refractivity contribution >= 4 is 49.8 Å². The minimum atomic E-state index is -0.517. The third kappa shape index (κ3) is 6.33. The van der Waals surface area contributed by atoms with E-state index in [-0.39, 0.29) is 0 Å². The summed E-state index contributed by atoms with van der Waals surface area (Å²) < 4.78 is 6.32. The molecule has 1 aliphatic carbocycles. The number of benzene rings is 11. The van der Waals surface area contributed by atoms with Gasteiger partial charge in [0, 0.05) is 27.7 Å². The van der Waals surface area contributed by atoms with Gasteiger partial charge in [0.15, 0.2) is 0 Å². The fourth-order valence-corrected chi connectivity index (χ4v) is 10.8. The highest BCUT2D eigenvalue weighted by molar-refractivity contribution is 6.06. The monoisotopic (exact) mass is 853 g/mol. The molecular weight excluding hydrogens is 811 g/mol. The van der Waals surface area contributed by atoms with Gasteiger partial charge in [-0.05, 0) is 133 Å². The van der Waals surface area contributed by atoms with Gasteiger partial charge in [-0.15, -0.1) is 0 Å². The number of furan rings is 1. The van der Waals surface area contributed by atoms with Gasteiger partial charge in [0.05, 0.1) is 11.1 Å². The van der Waals surface area contributed by atoms with Crippen LogP contribution in [0.15, 0.2) is 265 Å². The number of fused-ring (bicyclic) bond motifs is 7. The van der Waals surface area contributed by atoms with Crippen molar-refractivity contribution in [2.45, 2.75) is 5.41 Å². The van der Waals surface area contributed by atoms with Crippen LogP contribution >= 0.6 is 0 Å². The fourth-order valence-electron chi connectivity index (χ4n) is 10.8. The Bertz CT molecular complexity index is 3740. The molecule has 0 saturated carbocycles. The van der Waals surface area contributed by atoms with E-state index in [4.69, 9.17) is 4.42 Å². The van der Waals surface area contributed by atoms with E-state index in [1.165, 1.54) is 66.4 Å². The normalized spacial score (nSPS) is 12.6. The van der Waals surface area contributed by atoms with Gasteiger partial charge in [-0.3, -0.25) is 0 Å². The van der Waals surface area contributed by atoms with E-state index in [0.717, 1.165) is 50.1 Å². The predicted octanol–water partition coefficient (Wildman–Crippen LogP) is 17.6. The summed E-state index contributed by atoms with van der Waals surface area (Å²) in [6, 6.07) is 95.1. The zero-order valence-electron chi connectivity index (χ0n) is 36.7. The van der Waals surface area contributed by atoms with Crippen LogP contribution < -0.4 is 4.90 Å². The van der Waals surface area contributed by atoms with E-state index in [9.17, 15) is 0 Å². The summed E-state index contributed by atoms with van der Waals surface area (Å²) in [6.07, 6.45) is 0. The first-order valence-electron chi connectivity index (χ1n) is 23.1. The van der Waals surface area contributed by atoms with Crippen molar-refractivity contribution in [1.82, 2.24) is 0 Å². The zero-order valence-corrected chi connectivity index (χ0v) is 36.7. The standard InChI is InChI=1S/C65H43NO/c1-4-15-44(16-5-1)47-27-29-50-42-48(28-30-49(50)41-47)45-31-36-54(37-32-45)66(55-38-33-46(34-39-55)51-35-40-57-56-21-11-13-26-62(56)67-63(57)43-51)61-25-14-24-60-64(61)58-22-10-12-23-59(58)65(60,52-17-6-2-7-18-52)53-19-8-3-9-20-53/h1-43H. The highest BCUT2D eigenvalue weighted by Gasteiger charge is 2.47. The third-order valence-electron chi connectivity index (χ3n) is 13.9. The number of anilines is 3. The van der Waals surface area contributed by atoms with E-state index in [2.05, 4.69) is 254 Å². The first-order chi connectivity index (χ1) is 33.2. The van der Waals surface area contributed by atoms with E-state index in [1.807, 2.05) is 12.1 Å². The van der Waals surface area contributed by atoms with Crippen molar-refractivity contribution < 1.29 is 4.42 Å². The minimum absolute atomic E-state index is 0.517. The Kier molecular flexibility index (Phi) is 9.11. The summed E-state index contributed by atoms with van der Waals surface area (Å²) in [6.45, 7) is 0. The summed E-state index contributed by atoms with van der Waals surface area (Å²) in [5.41, 5.74) is 19.2. The molecule has 0 atom stereocenters. The van der Waals surface area contributed by atoms with Gasteiger partial charge in [-0.1, -0.05) is 200 Å². The Balaban J connectivity index is 0.958.